The molecule has 0 aromatic carbocycles. The molecule has 0 aromatic heterocycles. The third-order valence-electron chi connectivity index (χ3n) is 4.60. The van der Waals surface area contributed by atoms with E-state index in [0.717, 1.165) is 0 Å². The van der Waals surface area contributed by atoms with Gasteiger partial charge in [-0.3, -0.25) is 0 Å². The Labute approximate surface area is 141 Å². The van der Waals surface area contributed by atoms with E-state index in [0.29, 0.717) is 0 Å². The van der Waals surface area contributed by atoms with E-state index in [1.165, 1.54) is 83.5 Å². The van der Waals surface area contributed by atoms with Gasteiger partial charge >= 0.3 is 0 Å². The molecule has 0 spiro atoms. The van der Waals surface area contributed by atoms with Gasteiger partial charge in [0.15, 0.2) is 0 Å². The summed E-state index contributed by atoms with van der Waals surface area (Å²) in [6.45, 7) is 11.6. The van der Waals surface area contributed by atoms with Gasteiger partial charge in [0.05, 0.1) is 0 Å². The monoisotopic (exact) mass is 306 g/mol. The van der Waals surface area contributed by atoms with Gasteiger partial charge in [0.2, 0.25) is 0 Å². The van der Waals surface area contributed by atoms with Gasteiger partial charge in [0.1, 0.15) is 0 Å². The average molecular weight is 307 g/mol. The molecule has 0 aromatic rings. The van der Waals surface area contributed by atoms with Crippen molar-refractivity contribution in [2.75, 3.05) is 0 Å². The minimum absolute atomic E-state index is 1.25. The van der Waals surface area contributed by atoms with Crippen LogP contribution < -0.4 is 0 Å². The minimum Gasteiger partial charge on any atom is -0.0810 e. The smallest absolute Gasteiger partial charge is 0.0277 e. The molecule has 0 amide bonds. The Hall–Kier alpha value is -0.520. The minimum atomic E-state index is 1.25. The molecule has 0 heterocycles. The summed E-state index contributed by atoms with van der Waals surface area (Å²) < 4.78 is 0. The van der Waals surface area contributed by atoms with Crippen molar-refractivity contribution in [3.05, 3.63) is 22.8 Å². The van der Waals surface area contributed by atoms with Gasteiger partial charge in [-0.15, -0.1) is 0 Å². The van der Waals surface area contributed by atoms with Crippen LogP contribution in [0.5, 0.6) is 0 Å². The highest BCUT2D eigenvalue weighted by molar-refractivity contribution is 5.35. The van der Waals surface area contributed by atoms with Gasteiger partial charge in [-0.25, -0.2) is 0 Å². The van der Waals surface area contributed by atoms with Crippen LogP contribution in [0.15, 0.2) is 22.8 Å². The fourth-order valence-electron chi connectivity index (χ4n) is 3.07. The van der Waals surface area contributed by atoms with Crippen molar-refractivity contribution in [1.82, 2.24) is 0 Å². The molecular weight excluding hydrogens is 264 g/mol. The average Bonchev–Trinajstić information content (AvgIpc) is 2.54. The third kappa shape index (κ3) is 9.49. The van der Waals surface area contributed by atoms with Crippen molar-refractivity contribution in [2.45, 2.75) is 118 Å². The highest BCUT2D eigenvalue weighted by Gasteiger charge is 2.10. The van der Waals surface area contributed by atoms with E-state index in [9.17, 15) is 0 Å². The fraction of sp³-hybridized carbons (Fsp3) is 0.818. The number of unbranched alkanes of at least 4 members (excludes halogenated alkanes) is 5. The van der Waals surface area contributed by atoms with E-state index >= 15 is 0 Å². The van der Waals surface area contributed by atoms with Crippen molar-refractivity contribution < 1.29 is 0 Å². The zero-order chi connectivity index (χ0) is 16.6. The standard InChI is InChI=1S/C22H42/c1-6-11-15-18-21(17-13-8-3)22(19-14-9-4)20(10-5)16-12-7-2/h18H,6-17,19H2,1-5H3. The van der Waals surface area contributed by atoms with Crippen molar-refractivity contribution in [3.8, 4) is 0 Å². The van der Waals surface area contributed by atoms with E-state index < -0.39 is 0 Å². The van der Waals surface area contributed by atoms with Crippen LogP contribution in [0.4, 0.5) is 0 Å². The first kappa shape index (κ1) is 21.5. The molecule has 0 radical (unpaired) electrons. The first-order chi connectivity index (χ1) is 10.7. The fourth-order valence-corrected chi connectivity index (χ4v) is 3.07. The second-order valence-corrected chi connectivity index (χ2v) is 6.62. The largest absolute Gasteiger partial charge is 0.0810 e. The number of hydrogen-bond acceptors (Lipinski definition) is 0. The first-order valence-corrected chi connectivity index (χ1v) is 10.1. The normalized spacial score (nSPS) is 13.4. The van der Waals surface area contributed by atoms with Gasteiger partial charge in [0, 0.05) is 0 Å². The van der Waals surface area contributed by atoms with Gasteiger partial charge in [0.25, 0.3) is 0 Å². The highest BCUT2D eigenvalue weighted by Crippen LogP contribution is 2.30. The van der Waals surface area contributed by atoms with Crippen LogP contribution in [0.3, 0.4) is 0 Å². The summed E-state index contributed by atoms with van der Waals surface area (Å²) in [5.41, 5.74) is 5.22. The van der Waals surface area contributed by atoms with Crippen LogP contribution in [0.2, 0.25) is 0 Å². The molecule has 0 saturated heterocycles. The molecule has 22 heavy (non-hydrogen) atoms. The van der Waals surface area contributed by atoms with Gasteiger partial charge in [-0.1, -0.05) is 78.4 Å². The molecule has 0 aliphatic carbocycles. The Balaban J connectivity index is 5.30. The molecular formula is C22H42. The molecule has 0 aliphatic rings. The molecule has 0 rings (SSSR count). The summed E-state index contributed by atoms with van der Waals surface area (Å²) in [7, 11) is 0. The number of allylic oxidation sites excluding steroid dienone is 4. The summed E-state index contributed by atoms with van der Waals surface area (Å²) in [5, 5.41) is 0. The maximum atomic E-state index is 2.59. The Kier molecular flexibility index (Phi) is 15.0. The maximum Gasteiger partial charge on any atom is -0.0277 e. The van der Waals surface area contributed by atoms with Gasteiger partial charge in [-0.05, 0) is 62.5 Å². The molecule has 0 saturated carbocycles. The van der Waals surface area contributed by atoms with Crippen LogP contribution in [0.25, 0.3) is 0 Å². The quantitative estimate of drug-likeness (QED) is 0.223. The molecule has 0 fully saturated rings. The lowest BCUT2D eigenvalue weighted by atomic mass is 9.87. The molecule has 0 N–H and O–H groups in total. The van der Waals surface area contributed by atoms with Crippen LogP contribution in [0, 0.1) is 0 Å². The Morgan fingerprint density at radius 1 is 0.636 bits per heavy atom. The summed E-state index contributed by atoms with van der Waals surface area (Å²) in [6.07, 6.45) is 19.7. The second-order valence-electron chi connectivity index (χ2n) is 6.62. The molecule has 0 bridgehead atoms. The SMILES string of the molecule is CCCCC=C(CCCC)C(CCCC)=C(CC)CCCC. The number of rotatable bonds is 14. The van der Waals surface area contributed by atoms with Crippen molar-refractivity contribution >= 4 is 0 Å². The second kappa shape index (κ2) is 15.4. The molecule has 0 heteroatoms. The summed E-state index contributed by atoms with van der Waals surface area (Å²) in [5.74, 6) is 0. The van der Waals surface area contributed by atoms with Gasteiger partial charge in [-0.2, -0.15) is 0 Å². The lowest BCUT2D eigenvalue weighted by Gasteiger charge is -2.18. The van der Waals surface area contributed by atoms with E-state index in [1.54, 1.807) is 16.7 Å². The Morgan fingerprint density at radius 3 is 1.73 bits per heavy atom. The lowest BCUT2D eigenvalue weighted by molar-refractivity contribution is 0.709. The molecule has 130 valence electrons. The van der Waals surface area contributed by atoms with E-state index in [4.69, 9.17) is 0 Å². The molecule has 0 atom stereocenters. The summed E-state index contributed by atoms with van der Waals surface area (Å²) >= 11 is 0. The lowest BCUT2D eigenvalue weighted by Crippen LogP contribution is -1.99. The van der Waals surface area contributed by atoms with E-state index in [-0.39, 0.29) is 0 Å². The zero-order valence-electron chi connectivity index (χ0n) is 16.3. The summed E-state index contributed by atoms with van der Waals surface area (Å²) in [6, 6.07) is 0. The maximum absolute atomic E-state index is 2.59. The Bertz CT molecular complexity index is 306. The van der Waals surface area contributed by atoms with Crippen molar-refractivity contribution in [2.24, 2.45) is 0 Å². The zero-order valence-corrected chi connectivity index (χ0v) is 16.3. The van der Waals surface area contributed by atoms with Crippen molar-refractivity contribution in [3.63, 3.8) is 0 Å². The Morgan fingerprint density at radius 2 is 1.18 bits per heavy atom. The topological polar surface area (TPSA) is 0 Å². The highest BCUT2D eigenvalue weighted by atomic mass is 14.2. The summed E-state index contributed by atoms with van der Waals surface area (Å²) in [4.78, 5) is 0. The predicted octanol–water partition coefficient (Wildman–Crippen LogP) is 8.38. The first-order valence-electron chi connectivity index (χ1n) is 10.1. The third-order valence-corrected chi connectivity index (χ3v) is 4.60. The van der Waals surface area contributed by atoms with Crippen LogP contribution in [-0.4, -0.2) is 0 Å². The molecule has 0 unspecified atom stereocenters. The molecule has 0 nitrogen and oxygen atoms in total. The van der Waals surface area contributed by atoms with Crippen LogP contribution in [-0.2, 0) is 0 Å². The van der Waals surface area contributed by atoms with Crippen LogP contribution in [0.1, 0.15) is 118 Å². The van der Waals surface area contributed by atoms with Crippen molar-refractivity contribution in [1.29, 1.82) is 0 Å². The van der Waals surface area contributed by atoms with Gasteiger partial charge < -0.3 is 0 Å². The van der Waals surface area contributed by atoms with Crippen LogP contribution >= 0.6 is 0 Å². The van der Waals surface area contributed by atoms with E-state index in [1.807, 2.05) is 0 Å². The predicted molar refractivity (Wildman–Crippen MR) is 104 cm³/mol. The van der Waals surface area contributed by atoms with E-state index in [2.05, 4.69) is 40.7 Å². The number of hydrogen-bond donors (Lipinski definition) is 0. The molecule has 0 aliphatic heterocycles.